The van der Waals surface area contributed by atoms with E-state index in [4.69, 9.17) is 21.1 Å². The molecule has 0 fully saturated rings. The number of rotatable bonds is 10. The van der Waals surface area contributed by atoms with E-state index in [1.165, 1.54) is 36.4 Å². The maximum Gasteiger partial charge on any atom is 0.262 e. The predicted octanol–water partition coefficient (Wildman–Crippen LogP) is 5.68. The van der Waals surface area contributed by atoms with Crippen LogP contribution < -0.4 is 20.1 Å². The van der Waals surface area contributed by atoms with E-state index in [0.717, 1.165) is 5.56 Å². The van der Waals surface area contributed by atoms with Gasteiger partial charge in [-0.1, -0.05) is 41.9 Å². The van der Waals surface area contributed by atoms with Gasteiger partial charge in [-0.3, -0.25) is 9.59 Å². The minimum absolute atomic E-state index is 0.117. The Balaban J connectivity index is 1.74. The lowest BCUT2D eigenvalue weighted by molar-refractivity contribution is -0.118. The summed E-state index contributed by atoms with van der Waals surface area (Å²) in [5.41, 5.74) is 1.64. The number of ether oxygens (including phenoxy) is 2. The summed E-state index contributed by atoms with van der Waals surface area (Å²) in [4.78, 5) is 25.0. The molecule has 0 aromatic heterocycles. The van der Waals surface area contributed by atoms with Crippen molar-refractivity contribution in [1.29, 1.82) is 5.26 Å². The third kappa shape index (κ3) is 7.82. The highest BCUT2D eigenvalue weighted by Crippen LogP contribution is 2.37. The molecule has 3 aromatic rings. The van der Waals surface area contributed by atoms with Gasteiger partial charge in [-0.15, -0.1) is 0 Å². The minimum atomic E-state index is -0.536. The van der Waals surface area contributed by atoms with Gasteiger partial charge < -0.3 is 20.1 Å². The smallest absolute Gasteiger partial charge is 0.262 e. The highest BCUT2D eigenvalue weighted by molar-refractivity contribution is 6.32. The molecule has 7 nitrogen and oxygen atoms in total. The van der Waals surface area contributed by atoms with Crippen molar-refractivity contribution in [1.82, 2.24) is 5.32 Å². The number of hydrogen-bond donors (Lipinski definition) is 2. The van der Waals surface area contributed by atoms with Gasteiger partial charge in [0.05, 0.1) is 17.7 Å². The second-order valence-corrected chi connectivity index (χ2v) is 8.29. The molecule has 0 aliphatic heterocycles. The van der Waals surface area contributed by atoms with E-state index in [2.05, 4.69) is 10.6 Å². The van der Waals surface area contributed by atoms with Crippen molar-refractivity contribution in [2.24, 2.45) is 0 Å². The van der Waals surface area contributed by atoms with Crippen LogP contribution in [0.25, 0.3) is 6.08 Å². The molecule has 1 atom stereocenters. The zero-order valence-corrected chi connectivity index (χ0v) is 21.0. The lowest BCUT2D eigenvalue weighted by atomic mass is 10.1. The Labute approximate surface area is 219 Å². The molecular formula is C28H25ClFN3O4. The monoisotopic (exact) mass is 521 g/mol. The number of nitriles is 1. The molecule has 3 rings (SSSR count). The minimum Gasteiger partial charge on any atom is -0.490 e. The van der Waals surface area contributed by atoms with Gasteiger partial charge in [0.2, 0.25) is 0 Å². The highest BCUT2D eigenvalue weighted by Gasteiger charge is 2.17. The molecule has 0 radical (unpaired) electrons. The van der Waals surface area contributed by atoms with Gasteiger partial charge in [-0.25, -0.2) is 4.39 Å². The molecule has 0 spiro atoms. The summed E-state index contributed by atoms with van der Waals surface area (Å²) >= 11 is 6.41. The summed E-state index contributed by atoms with van der Waals surface area (Å²) in [6.45, 7) is 3.49. The summed E-state index contributed by atoms with van der Waals surface area (Å²) in [5.74, 6) is -1.06. The number of carbonyl (C=O) groups is 2. The van der Waals surface area contributed by atoms with Crippen molar-refractivity contribution in [3.8, 4) is 17.6 Å². The zero-order valence-electron chi connectivity index (χ0n) is 20.3. The van der Waals surface area contributed by atoms with Gasteiger partial charge >= 0.3 is 0 Å². The molecule has 2 N–H and O–H groups in total. The molecule has 0 heterocycles. The molecule has 0 saturated carbocycles. The van der Waals surface area contributed by atoms with Gasteiger partial charge in [0.15, 0.2) is 18.1 Å². The van der Waals surface area contributed by atoms with Gasteiger partial charge in [-0.2, -0.15) is 5.26 Å². The van der Waals surface area contributed by atoms with E-state index in [9.17, 15) is 19.2 Å². The summed E-state index contributed by atoms with van der Waals surface area (Å²) < 4.78 is 24.3. The Morgan fingerprint density at radius 1 is 1.11 bits per heavy atom. The topological polar surface area (TPSA) is 100 Å². The van der Waals surface area contributed by atoms with Crippen molar-refractivity contribution in [2.45, 2.75) is 19.9 Å². The van der Waals surface area contributed by atoms with E-state index in [0.29, 0.717) is 11.3 Å². The van der Waals surface area contributed by atoms with Crippen molar-refractivity contribution < 1.29 is 23.5 Å². The Morgan fingerprint density at radius 3 is 2.46 bits per heavy atom. The van der Waals surface area contributed by atoms with Crippen molar-refractivity contribution in [2.75, 3.05) is 18.5 Å². The maximum absolute atomic E-state index is 13.0. The SMILES string of the molecule is CCOc1cc(/C=C(/C#N)C(=O)N[C@H](C)c2ccccc2)cc(Cl)c1OCC(=O)Nc1ccc(F)cc1. The van der Waals surface area contributed by atoms with E-state index < -0.39 is 17.6 Å². The fourth-order valence-electron chi connectivity index (χ4n) is 3.36. The van der Waals surface area contributed by atoms with E-state index in [1.54, 1.807) is 13.0 Å². The number of hydrogen-bond acceptors (Lipinski definition) is 5. The average Bonchev–Trinajstić information content (AvgIpc) is 2.88. The normalized spacial score (nSPS) is 11.7. The third-order valence-electron chi connectivity index (χ3n) is 5.13. The fraction of sp³-hybridized carbons (Fsp3) is 0.179. The summed E-state index contributed by atoms with van der Waals surface area (Å²) in [6, 6.07) is 19.4. The molecule has 0 saturated heterocycles. The van der Waals surface area contributed by atoms with Crippen LogP contribution in [-0.2, 0) is 9.59 Å². The molecule has 9 heteroatoms. The molecule has 0 aliphatic carbocycles. The van der Waals surface area contributed by atoms with Crippen LogP contribution in [0.2, 0.25) is 5.02 Å². The molecule has 0 unspecified atom stereocenters. The Morgan fingerprint density at radius 2 is 1.81 bits per heavy atom. The summed E-state index contributed by atoms with van der Waals surface area (Å²) in [5, 5.41) is 15.1. The number of nitrogens with one attached hydrogen (secondary N) is 2. The first-order valence-corrected chi connectivity index (χ1v) is 11.8. The van der Waals surface area contributed by atoms with Crippen LogP contribution in [0.3, 0.4) is 0 Å². The van der Waals surface area contributed by atoms with Gasteiger partial charge in [0.1, 0.15) is 17.5 Å². The fourth-order valence-corrected chi connectivity index (χ4v) is 3.63. The predicted molar refractivity (Wildman–Crippen MR) is 140 cm³/mol. The lowest BCUT2D eigenvalue weighted by Gasteiger charge is -2.15. The maximum atomic E-state index is 13.0. The quantitative estimate of drug-likeness (QED) is 0.264. The van der Waals surface area contributed by atoms with Crippen LogP contribution >= 0.6 is 11.6 Å². The first kappa shape index (κ1) is 27.2. The molecule has 2 amide bonds. The summed E-state index contributed by atoms with van der Waals surface area (Å²) in [7, 11) is 0. The molecule has 190 valence electrons. The molecule has 0 bridgehead atoms. The third-order valence-corrected chi connectivity index (χ3v) is 5.41. The van der Waals surface area contributed by atoms with Crippen LogP contribution in [0.4, 0.5) is 10.1 Å². The first-order valence-electron chi connectivity index (χ1n) is 11.4. The first-order chi connectivity index (χ1) is 17.8. The Bertz CT molecular complexity index is 1320. The molecule has 3 aromatic carbocycles. The van der Waals surface area contributed by atoms with Crippen LogP contribution in [-0.4, -0.2) is 25.0 Å². The Kier molecular flexibility index (Phi) is 9.64. The van der Waals surface area contributed by atoms with Gasteiger partial charge in [0, 0.05) is 5.69 Å². The molecular weight excluding hydrogens is 497 g/mol. The van der Waals surface area contributed by atoms with Crippen molar-refractivity contribution >= 4 is 35.2 Å². The van der Waals surface area contributed by atoms with E-state index in [-0.39, 0.29) is 41.4 Å². The summed E-state index contributed by atoms with van der Waals surface area (Å²) in [6.07, 6.45) is 1.40. The van der Waals surface area contributed by atoms with E-state index >= 15 is 0 Å². The number of halogens is 2. The van der Waals surface area contributed by atoms with Crippen LogP contribution in [0, 0.1) is 17.1 Å². The number of carbonyl (C=O) groups excluding carboxylic acids is 2. The Hall–Kier alpha value is -4.35. The number of nitrogens with zero attached hydrogens (tertiary/aromatic N) is 1. The molecule has 37 heavy (non-hydrogen) atoms. The largest absolute Gasteiger partial charge is 0.490 e. The van der Waals surface area contributed by atoms with E-state index in [1.807, 2.05) is 43.3 Å². The number of benzene rings is 3. The highest BCUT2D eigenvalue weighted by atomic mass is 35.5. The van der Waals surface area contributed by atoms with Crippen molar-refractivity contribution in [3.05, 3.63) is 94.3 Å². The second-order valence-electron chi connectivity index (χ2n) is 7.88. The van der Waals surface area contributed by atoms with Crippen LogP contribution in [0.5, 0.6) is 11.5 Å². The zero-order chi connectivity index (χ0) is 26.8. The van der Waals surface area contributed by atoms with Crippen molar-refractivity contribution in [3.63, 3.8) is 0 Å². The second kappa shape index (κ2) is 13.1. The number of anilines is 1. The van der Waals surface area contributed by atoms with Crippen LogP contribution in [0.15, 0.2) is 72.3 Å². The van der Waals surface area contributed by atoms with Gasteiger partial charge in [0.25, 0.3) is 11.8 Å². The number of amides is 2. The van der Waals surface area contributed by atoms with Crippen LogP contribution in [0.1, 0.15) is 31.0 Å². The molecule has 0 aliphatic rings. The standard InChI is InChI=1S/C28H25ClFN3O4/c1-3-36-25-15-19(13-21(16-31)28(35)32-18(2)20-7-5-4-6-8-20)14-24(29)27(25)37-17-26(34)33-23-11-9-22(30)10-12-23/h4-15,18H,3,17H2,1-2H3,(H,32,35)(H,33,34)/b21-13-/t18-/m1/s1. The van der Waals surface area contributed by atoms with Gasteiger partial charge in [-0.05, 0) is 67.4 Å². The average molecular weight is 522 g/mol. The lowest BCUT2D eigenvalue weighted by Crippen LogP contribution is -2.27.